The topological polar surface area (TPSA) is 41.1 Å². The zero-order valence-electron chi connectivity index (χ0n) is 9.75. The fraction of sp³-hybridized carbons (Fsp3) is 0.917. The number of carbonyl (C=O) groups is 1. The number of hydrogen-bond acceptors (Lipinski definition) is 2. The predicted octanol–water partition coefficient (Wildman–Crippen LogP) is 1.15. The van der Waals surface area contributed by atoms with Crippen molar-refractivity contribution in [2.75, 3.05) is 13.1 Å². The molecule has 1 aliphatic heterocycles. The maximum Gasteiger partial charge on any atom is 0.224 e. The average molecular weight is 210 g/mol. The summed E-state index contributed by atoms with van der Waals surface area (Å²) in [4.78, 5) is 11.9. The Morgan fingerprint density at radius 3 is 2.87 bits per heavy atom. The van der Waals surface area contributed by atoms with Crippen LogP contribution in [0.5, 0.6) is 0 Å². The van der Waals surface area contributed by atoms with E-state index in [1.807, 2.05) is 0 Å². The maximum absolute atomic E-state index is 11.9. The standard InChI is InChI=1S/C12H22N2O/c1-3-11-10(4-5-13-11)12(15)14-7-9-6-8(9)2/h8-11,13H,3-7H2,1-2H3,(H,14,15). The lowest BCUT2D eigenvalue weighted by molar-refractivity contribution is -0.125. The van der Waals surface area contributed by atoms with Gasteiger partial charge in [-0.25, -0.2) is 0 Å². The summed E-state index contributed by atoms with van der Waals surface area (Å²) in [5.41, 5.74) is 0. The lowest BCUT2D eigenvalue weighted by Crippen LogP contribution is -2.38. The van der Waals surface area contributed by atoms with E-state index in [0.717, 1.165) is 37.8 Å². The Morgan fingerprint density at radius 1 is 1.53 bits per heavy atom. The Bertz CT molecular complexity index is 242. The molecule has 0 aromatic heterocycles. The number of nitrogens with one attached hydrogen (secondary N) is 2. The van der Waals surface area contributed by atoms with Crippen LogP contribution in [-0.2, 0) is 4.79 Å². The van der Waals surface area contributed by atoms with Crippen LogP contribution in [0.1, 0.15) is 33.1 Å². The summed E-state index contributed by atoms with van der Waals surface area (Å²) in [7, 11) is 0. The highest BCUT2D eigenvalue weighted by Gasteiger charge is 2.35. The first-order chi connectivity index (χ1) is 7.22. The van der Waals surface area contributed by atoms with Crippen LogP contribution in [0.25, 0.3) is 0 Å². The Kier molecular flexibility index (Phi) is 3.29. The van der Waals surface area contributed by atoms with Crippen molar-refractivity contribution in [1.29, 1.82) is 0 Å². The van der Waals surface area contributed by atoms with Gasteiger partial charge in [0.1, 0.15) is 0 Å². The third-order valence-corrected chi connectivity index (χ3v) is 3.94. The summed E-state index contributed by atoms with van der Waals surface area (Å²) in [6, 6.07) is 0.404. The van der Waals surface area contributed by atoms with Crippen molar-refractivity contribution >= 4 is 5.91 Å². The molecule has 1 amide bonds. The van der Waals surface area contributed by atoms with Gasteiger partial charge < -0.3 is 10.6 Å². The van der Waals surface area contributed by atoms with Gasteiger partial charge in [-0.3, -0.25) is 4.79 Å². The van der Waals surface area contributed by atoms with Crippen LogP contribution >= 0.6 is 0 Å². The van der Waals surface area contributed by atoms with Crippen LogP contribution in [0.3, 0.4) is 0 Å². The van der Waals surface area contributed by atoms with Crippen molar-refractivity contribution in [1.82, 2.24) is 10.6 Å². The fourth-order valence-corrected chi connectivity index (χ4v) is 2.56. The summed E-state index contributed by atoms with van der Waals surface area (Å²) in [6.45, 7) is 6.29. The van der Waals surface area contributed by atoms with Crippen molar-refractivity contribution in [3.8, 4) is 0 Å². The van der Waals surface area contributed by atoms with Gasteiger partial charge in [0, 0.05) is 12.6 Å². The van der Waals surface area contributed by atoms with E-state index in [1.165, 1.54) is 6.42 Å². The zero-order chi connectivity index (χ0) is 10.8. The van der Waals surface area contributed by atoms with E-state index in [1.54, 1.807) is 0 Å². The van der Waals surface area contributed by atoms with E-state index in [-0.39, 0.29) is 11.8 Å². The van der Waals surface area contributed by atoms with Crippen LogP contribution in [0.15, 0.2) is 0 Å². The maximum atomic E-state index is 11.9. The first-order valence-electron chi connectivity index (χ1n) is 6.23. The van der Waals surface area contributed by atoms with Crippen LogP contribution < -0.4 is 10.6 Å². The molecule has 1 aliphatic carbocycles. The summed E-state index contributed by atoms with van der Waals surface area (Å²) in [5.74, 6) is 2.06. The molecule has 0 aromatic carbocycles. The molecule has 4 atom stereocenters. The molecule has 1 heterocycles. The van der Waals surface area contributed by atoms with Crippen molar-refractivity contribution < 1.29 is 4.79 Å². The minimum absolute atomic E-state index is 0.212. The number of rotatable bonds is 4. The van der Waals surface area contributed by atoms with Gasteiger partial charge in [-0.2, -0.15) is 0 Å². The molecular weight excluding hydrogens is 188 g/mol. The lowest BCUT2D eigenvalue weighted by atomic mass is 9.98. The third-order valence-electron chi connectivity index (χ3n) is 3.94. The van der Waals surface area contributed by atoms with Gasteiger partial charge in [0.05, 0.1) is 5.92 Å². The highest BCUT2D eigenvalue weighted by atomic mass is 16.1. The molecular formula is C12H22N2O. The van der Waals surface area contributed by atoms with Gasteiger partial charge in [-0.05, 0) is 37.6 Å². The summed E-state index contributed by atoms with van der Waals surface area (Å²) in [5, 5.41) is 6.49. The molecule has 2 N–H and O–H groups in total. The second-order valence-electron chi connectivity index (χ2n) is 5.08. The van der Waals surface area contributed by atoms with Gasteiger partial charge in [-0.15, -0.1) is 0 Å². The fourth-order valence-electron chi connectivity index (χ4n) is 2.56. The minimum atomic E-state index is 0.212. The van der Waals surface area contributed by atoms with E-state index < -0.39 is 0 Å². The molecule has 3 nitrogen and oxygen atoms in total. The summed E-state index contributed by atoms with van der Waals surface area (Å²) >= 11 is 0. The molecule has 2 aliphatic rings. The van der Waals surface area contributed by atoms with E-state index >= 15 is 0 Å². The largest absolute Gasteiger partial charge is 0.356 e. The minimum Gasteiger partial charge on any atom is -0.356 e. The second-order valence-corrected chi connectivity index (χ2v) is 5.08. The molecule has 0 radical (unpaired) electrons. The van der Waals surface area contributed by atoms with Crippen molar-refractivity contribution in [2.45, 2.75) is 39.2 Å². The zero-order valence-corrected chi connectivity index (χ0v) is 9.75. The SMILES string of the molecule is CCC1NCCC1C(=O)NCC1CC1C. The second kappa shape index (κ2) is 4.52. The molecule has 0 spiro atoms. The Balaban J connectivity index is 1.74. The smallest absolute Gasteiger partial charge is 0.224 e. The van der Waals surface area contributed by atoms with Gasteiger partial charge in [0.15, 0.2) is 0 Å². The van der Waals surface area contributed by atoms with Crippen molar-refractivity contribution in [2.24, 2.45) is 17.8 Å². The van der Waals surface area contributed by atoms with Gasteiger partial charge in [0.25, 0.3) is 0 Å². The number of hydrogen-bond donors (Lipinski definition) is 2. The van der Waals surface area contributed by atoms with E-state index in [9.17, 15) is 4.79 Å². The summed E-state index contributed by atoms with van der Waals surface area (Å²) < 4.78 is 0. The van der Waals surface area contributed by atoms with E-state index in [4.69, 9.17) is 0 Å². The predicted molar refractivity (Wildman–Crippen MR) is 60.5 cm³/mol. The Hall–Kier alpha value is -0.570. The quantitative estimate of drug-likeness (QED) is 0.731. The highest BCUT2D eigenvalue weighted by molar-refractivity contribution is 5.79. The molecule has 2 rings (SSSR count). The molecule has 15 heavy (non-hydrogen) atoms. The van der Waals surface area contributed by atoms with E-state index in [2.05, 4.69) is 24.5 Å². The van der Waals surface area contributed by atoms with E-state index in [0.29, 0.717) is 6.04 Å². The summed E-state index contributed by atoms with van der Waals surface area (Å²) in [6.07, 6.45) is 3.35. The molecule has 0 bridgehead atoms. The third kappa shape index (κ3) is 2.51. The van der Waals surface area contributed by atoms with Gasteiger partial charge >= 0.3 is 0 Å². The normalized spacial score (nSPS) is 39.1. The van der Waals surface area contributed by atoms with Crippen LogP contribution in [-0.4, -0.2) is 25.0 Å². The molecule has 1 saturated carbocycles. The number of carbonyl (C=O) groups excluding carboxylic acids is 1. The average Bonchev–Trinajstić information content (AvgIpc) is 2.78. The first-order valence-corrected chi connectivity index (χ1v) is 6.23. The first kappa shape index (κ1) is 10.9. The molecule has 86 valence electrons. The molecule has 1 saturated heterocycles. The number of amides is 1. The molecule has 4 unspecified atom stereocenters. The lowest BCUT2D eigenvalue weighted by Gasteiger charge is -2.17. The van der Waals surface area contributed by atoms with Gasteiger partial charge in [0.2, 0.25) is 5.91 Å². The monoisotopic (exact) mass is 210 g/mol. The molecule has 3 heteroatoms. The Morgan fingerprint density at radius 2 is 2.27 bits per heavy atom. The highest BCUT2D eigenvalue weighted by Crippen LogP contribution is 2.36. The van der Waals surface area contributed by atoms with Gasteiger partial charge in [-0.1, -0.05) is 13.8 Å². The van der Waals surface area contributed by atoms with Crippen molar-refractivity contribution in [3.05, 3.63) is 0 Å². The molecule has 2 fully saturated rings. The van der Waals surface area contributed by atoms with Crippen LogP contribution in [0.2, 0.25) is 0 Å². The van der Waals surface area contributed by atoms with Crippen molar-refractivity contribution in [3.63, 3.8) is 0 Å². The Labute approximate surface area is 92.0 Å². The van der Waals surface area contributed by atoms with Crippen LogP contribution in [0, 0.1) is 17.8 Å². The van der Waals surface area contributed by atoms with Crippen LogP contribution in [0.4, 0.5) is 0 Å². The molecule has 0 aromatic rings.